The maximum Gasteiger partial charge on any atom is 0.251 e. The number of benzene rings is 3. The zero-order valence-corrected chi connectivity index (χ0v) is 19.6. The van der Waals surface area contributed by atoms with Crippen LogP contribution in [0, 0.1) is 0 Å². The largest absolute Gasteiger partial charge is 0.352 e. The number of rotatable bonds is 8. The summed E-state index contributed by atoms with van der Waals surface area (Å²) in [6, 6.07) is 21.9. The second-order valence-corrected chi connectivity index (χ2v) is 8.75. The van der Waals surface area contributed by atoms with Gasteiger partial charge in [-0.25, -0.2) is 4.98 Å². The first-order valence-electron chi connectivity index (χ1n) is 10.3. The van der Waals surface area contributed by atoms with E-state index >= 15 is 0 Å². The molecule has 1 heterocycles. The Labute approximate surface area is 199 Å². The molecule has 3 aromatic carbocycles. The average Bonchev–Trinajstić information content (AvgIpc) is 3.14. The number of nitrogens with zero attached hydrogens (tertiary/aromatic N) is 2. The molecule has 0 bridgehead atoms. The Bertz CT molecular complexity index is 1250. The molecule has 0 spiro atoms. The molecule has 0 aliphatic heterocycles. The molecule has 0 saturated heterocycles. The van der Waals surface area contributed by atoms with E-state index in [1.807, 2.05) is 41.0 Å². The number of nitrogens with one attached hydrogen (secondary N) is 1. The molecule has 1 N–H and O–H groups in total. The summed E-state index contributed by atoms with van der Waals surface area (Å²) in [5.41, 5.74) is 3.00. The first-order chi connectivity index (χ1) is 15.5. The fourth-order valence-electron chi connectivity index (χ4n) is 3.52. The fourth-order valence-corrected chi connectivity index (χ4v) is 3.91. The second kappa shape index (κ2) is 10.1. The summed E-state index contributed by atoms with van der Waals surface area (Å²) in [4.78, 5) is 29.9. The van der Waals surface area contributed by atoms with Gasteiger partial charge >= 0.3 is 0 Å². The smallest absolute Gasteiger partial charge is 0.251 e. The normalized spacial score (nSPS) is 10.9. The van der Waals surface area contributed by atoms with Crippen LogP contribution in [-0.4, -0.2) is 27.8 Å². The minimum atomic E-state index is -0.107. The standard InChI is InChI=1S/C25H21BrClN3O2/c26-19-11-7-18(8-12-19)25(32)28-15-3-6-24-29-21-4-1-2-5-22(21)30(24)16-23(31)17-9-13-20(27)14-10-17/h1-2,4-5,7-14H,3,6,15-16H2,(H,28,32). The van der Waals surface area contributed by atoms with Gasteiger partial charge < -0.3 is 9.88 Å². The maximum atomic E-state index is 12.9. The van der Waals surface area contributed by atoms with E-state index in [4.69, 9.17) is 16.6 Å². The molecule has 0 aliphatic carbocycles. The molecule has 1 amide bonds. The zero-order chi connectivity index (χ0) is 22.5. The van der Waals surface area contributed by atoms with Crippen LogP contribution in [0.25, 0.3) is 11.0 Å². The third-order valence-corrected chi connectivity index (χ3v) is 5.95. The van der Waals surface area contributed by atoms with E-state index in [-0.39, 0.29) is 18.2 Å². The van der Waals surface area contributed by atoms with E-state index in [1.54, 1.807) is 36.4 Å². The van der Waals surface area contributed by atoms with Gasteiger partial charge in [-0.05, 0) is 67.1 Å². The van der Waals surface area contributed by atoms with Crippen LogP contribution in [0.4, 0.5) is 0 Å². The highest BCUT2D eigenvalue weighted by molar-refractivity contribution is 9.10. The van der Waals surface area contributed by atoms with E-state index in [1.165, 1.54) is 0 Å². The Morgan fingerprint density at radius 1 is 0.938 bits per heavy atom. The lowest BCUT2D eigenvalue weighted by Gasteiger charge is -2.10. The summed E-state index contributed by atoms with van der Waals surface area (Å²) < 4.78 is 2.89. The molecular formula is C25H21BrClN3O2. The lowest BCUT2D eigenvalue weighted by atomic mass is 10.1. The van der Waals surface area contributed by atoms with Crippen molar-refractivity contribution in [1.82, 2.24) is 14.9 Å². The van der Waals surface area contributed by atoms with Gasteiger partial charge in [-0.15, -0.1) is 0 Å². The molecule has 0 unspecified atom stereocenters. The zero-order valence-electron chi connectivity index (χ0n) is 17.2. The predicted octanol–water partition coefficient (Wildman–Crippen LogP) is 5.70. The molecular weight excluding hydrogens is 490 g/mol. The van der Waals surface area contributed by atoms with Crippen molar-refractivity contribution in [2.45, 2.75) is 19.4 Å². The Hall–Kier alpha value is -2.96. The van der Waals surface area contributed by atoms with E-state index in [0.717, 1.165) is 21.3 Å². The summed E-state index contributed by atoms with van der Waals surface area (Å²) in [6.45, 7) is 0.714. The summed E-state index contributed by atoms with van der Waals surface area (Å²) in [5, 5.41) is 3.54. The third-order valence-electron chi connectivity index (χ3n) is 5.17. The van der Waals surface area contributed by atoms with Crippen molar-refractivity contribution < 1.29 is 9.59 Å². The number of carbonyl (C=O) groups is 2. The van der Waals surface area contributed by atoms with Crippen LogP contribution in [0.2, 0.25) is 5.02 Å². The van der Waals surface area contributed by atoms with Crippen molar-refractivity contribution in [2.24, 2.45) is 0 Å². The second-order valence-electron chi connectivity index (χ2n) is 7.40. The number of aromatic nitrogens is 2. The molecule has 162 valence electrons. The van der Waals surface area contributed by atoms with Gasteiger partial charge in [0.2, 0.25) is 0 Å². The number of Topliss-reactive ketones (excluding diaryl/α,β-unsaturated/α-hetero) is 1. The monoisotopic (exact) mass is 509 g/mol. The Balaban J connectivity index is 1.44. The number of aryl methyl sites for hydroxylation is 1. The number of para-hydroxylation sites is 2. The van der Waals surface area contributed by atoms with Gasteiger partial charge in [0, 0.05) is 33.6 Å². The van der Waals surface area contributed by atoms with E-state index < -0.39 is 0 Å². The number of ketones is 1. The van der Waals surface area contributed by atoms with Gasteiger partial charge in [0.25, 0.3) is 5.91 Å². The first-order valence-corrected chi connectivity index (χ1v) is 11.4. The first kappa shape index (κ1) is 22.2. The topological polar surface area (TPSA) is 64.0 Å². The maximum absolute atomic E-state index is 12.9. The van der Waals surface area contributed by atoms with Gasteiger partial charge in [-0.3, -0.25) is 9.59 Å². The number of carbonyl (C=O) groups excluding carboxylic acids is 2. The number of hydrogen-bond donors (Lipinski definition) is 1. The van der Waals surface area contributed by atoms with Gasteiger partial charge in [0.1, 0.15) is 5.82 Å². The number of hydrogen-bond acceptors (Lipinski definition) is 3. The van der Waals surface area contributed by atoms with Crippen molar-refractivity contribution in [3.05, 3.63) is 99.2 Å². The molecule has 4 aromatic rings. The molecule has 0 fully saturated rings. The highest BCUT2D eigenvalue weighted by Crippen LogP contribution is 2.19. The van der Waals surface area contributed by atoms with Crippen LogP contribution in [0.1, 0.15) is 33.0 Å². The SMILES string of the molecule is O=C(Cn1c(CCCNC(=O)c2ccc(Br)cc2)nc2ccccc21)c1ccc(Cl)cc1. The average molecular weight is 511 g/mol. The number of amides is 1. The van der Waals surface area contributed by atoms with E-state index in [9.17, 15) is 9.59 Å². The van der Waals surface area contributed by atoms with Gasteiger partial charge in [0.05, 0.1) is 17.6 Å². The van der Waals surface area contributed by atoms with E-state index in [2.05, 4.69) is 21.2 Å². The highest BCUT2D eigenvalue weighted by atomic mass is 79.9. The Kier molecular flexibility index (Phi) is 7.02. The summed E-state index contributed by atoms with van der Waals surface area (Å²) >= 11 is 9.31. The van der Waals surface area contributed by atoms with Crippen LogP contribution >= 0.6 is 27.5 Å². The number of halogens is 2. The van der Waals surface area contributed by atoms with Crippen molar-refractivity contribution in [1.29, 1.82) is 0 Å². The summed E-state index contributed by atoms with van der Waals surface area (Å²) in [5.74, 6) is 0.713. The van der Waals surface area contributed by atoms with Crippen LogP contribution < -0.4 is 5.32 Å². The molecule has 0 saturated carbocycles. The molecule has 32 heavy (non-hydrogen) atoms. The molecule has 5 nitrogen and oxygen atoms in total. The minimum absolute atomic E-state index is 0.00499. The van der Waals surface area contributed by atoms with Gasteiger partial charge in [-0.2, -0.15) is 0 Å². The molecule has 1 aromatic heterocycles. The number of imidazole rings is 1. The third kappa shape index (κ3) is 5.26. The van der Waals surface area contributed by atoms with E-state index in [0.29, 0.717) is 35.5 Å². The van der Waals surface area contributed by atoms with Gasteiger partial charge in [-0.1, -0.05) is 39.7 Å². The highest BCUT2D eigenvalue weighted by Gasteiger charge is 2.15. The minimum Gasteiger partial charge on any atom is -0.352 e. The lowest BCUT2D eigenvalue weighted by Crippen LogP contribution is -2.25. The van der Waals surface area contributed by atoms with Crippen molar-refractivity contribution in [2.75, 3.05) is 6.54 Å². The van der Waals surface area contributed by atoms with Crippen molar-refractivity contribution in [3.63, 3.8) is 0 Å². The molecule has 4 rings (SSSR count). The molecule has 0 aliphatic rings. The lowest BCUT2D eigenvalue weighted by molar-refractivity contribution is 0.0951. The Morgan fingerprint density at radius 3 is 2.38 bits per heavy atom. The number of fused-ring (bicyclic) bond motifs is 1. The molecule has 7 heteroatoms. The van der Waals surface area contributed by atoms with Crippen LogP contribution in [0.5, 0.6) is 0 Å². The van der Waals surface area contributed by atoms with Crippen LogP contribution in [0.15, 0.2) is 77.3 Å². The summed E-state index contributed by atoms with van der Waals surface area (Å²) in [7, 11) is 0. The predicted molar refractivity (Wildman–Crippen MR) is 130 cm³/mol. The van der Waals surface area contributed by atoms with Crippen molar-refractivity contribution in [3.8, 4) is 0 Å². The molecule has 0 radical (unpaired) electrons. The quantitative estimate of drug-likeness (QED) is 0.244. The van der Waals surface area contributed by atoms with Crippen LogP contribution in [0.3, 0.4) is 0 Å². The fraction of sp³-hybridized carbons (Fsp3) is 0.160. The van der Waals surface area contributed by atoms with Crippen molar-refractivity contribution >= 4 is 50.3 Å². The Morgan fingerprint density at radius 2 is 1.62 bits per heavy atom. The van der Waals surface area contributed by atoms with Gasteiger partial charge in [0.15, 0.2) is 5.78 Å². The van der Waals surface area contributed by atoms with Crippen LogP contribution in [-0.2, 0) is 13.0 Å². The summed E-state index contributed by atoms with van der Waals surface area (Å²) in [6.07, 6.45) is 1.35. The molecule has 0 atom stereocenters.